The molecule has 0 spiro atoms. The summed E-state index contributed by atoms with van der Waals surface area (Å²) in [6.45, 7) is 9.54. The summed E-state index contributed by atoms with van der Waals surface area (Å²) in [7, 11) is 0. The molecule has 8 aliphatic rings. The fourth-order valence-corrected chi connectivity index (χ4v) is 16.0. The minimum Gasteiger partial charge on any atom is -0.366 e. The van der Waals surface area contributed by atoms with Gasteiger partial charge in [-0.15, -0.1) is 0 Å². The largest absolute Gasteiger partial charge is 0.366 e. The molecule has 27 heteroatoms. The number of nitrogens with zero attached hydrogens (tertiary/aromatic N) is 7. The maximum Gasteiger partial charge on any atom is 0.313 e. The molecule has 4 aliphatic carbocycles. The Labute approximate surface area is 590 Å². The fourth-order valence-electron chi connectivity index (χ4n) is 16.0. The number of carbonyl (C=O) groups excluding carboxylic acids is 12. The maximum atomic E-state index is 12.8. The highest BCUT2D eigenvalue weighted by Crippen LogP contribution is 2.41. The van der Waals surface area contributed by atoms with Crippen molar-refractivity contribution in [3.05, 3.63) is 102 Å². The van der Waals surface area contributed by atoms with Gasteiger partial charge in [0.15, 0.2) is 5.78 Å². The van der Waals surface area contributed by atoms with Crippen LogP contribution in [0.2, 0.25) is 0 Å². The van der Waals surface area contributed by atoms with Crippen LogP contribution in [0.1, 0.15) is 236 Å². The quantitative estimate of drug-likeness (QED) is 0.0724. The monoisotopic (exact) mass is 1390 g/mol. The van der Waals surface area contributed by atoms with E-state index < -0.39 is 70.6 Å². The smallest absolute Gasteiger partial charge is 0.313 e. The number of fused-ring (bicyclic) bond motifs is 4. The minimum absolute atomic E-state index is 0.0521. The average molecular weight is 1390 g/mol. The van der Waals surface area contributed by atoms with E-state index in [-0.39, 0.29) is 64.9 Å². The van der Waals surface area contributed by atoms with E-state index in [1.165, 1.54) is 139 Å². The second-order valence-corrected chi connectivity index (χ2v) is 28.5. The van der Waals surface area contributed by atoms with Gasteiger partial charge in [0.05, 0.1) is 57.9 Å². The number of ketones is 2. The number of aromatic nitrogens is 4. The number of nitrogens with one attached hydrogen (secondary N) is 4. The Kier molecular flexibility index (Phi) is 28.2. The number of hydrogen-bond acceptors (Lipinski definition) is 17. The Balaban J connectivity index is 0.000000165. The summed E-state index contributed by atoms with van der Waals surface area (Å²) in [5.41, 5.74) is 22.8. The van der Waals surface area contributed by atoms with Crippen molar-refractivity contribution in [3.63, 3.8) is 0 Å². The van der Waals surface area contributed by atoms with E-state index in [1.54, 1.807) is 14.7 Å². The molecule has 0 radical (unpaired) electrons. The lowest BCUT2D eigenvalue weighted by atomic mass is 9.76. The van der Waals surface area contributed by atoms with Crippen molar-refractivity contribution < 1.29 is 57.5 Å². The number of piperidine rings is 4. The van der Waals surface area contributed by atoms with Crippen LogP contribution in [0.25, 0.3) is 0 Å². The zero-order valence-electron chi connectivity index (χ0n) is 58.9. The van der Waals surface area contributed by atoms with E-state index in [2.05, 4.69) is 48.1 Å². The number of hydrogen-bond donors (Lipinski definition) is 8. The molecule has 27 nitrogen and oxygen atoms in total. The molecule has 4 saturated heterocycles. The predicted octanol–water partition coefficient (Wildman–Crippen LogP) is 7.26. The van der Waals surface area contributed by atoms with E-state index in [4.69, 9.17) is 22.9 Å². The summed E-state index contributed by atoms with van der Waals surface area (Å²) in [6.07, 6.45) is 38.9. The molecule has 12 atom stereocenters. The number of rotatable bonds is 10. The van der Waals surface area contributed by atoms with Crippen molar-refractivity contribution in [2.24, 2.45) is 46.6 Å². The maximum absolute atomic E-state index is 12.8. The van der Waals surface area contributed by atoms with Gasteiger partial charge in [-0.1, -0.05) is 51.4 Å². The van der Waals surface area contributed by atoms with Crippen LogP contribution in [-0.4, -0.2) is 154 Å². The fraction of sp³-hybridized carbons (Fsp3) is 0.568. The van der Waals surface area contributed by atoms with Gasteiger partial charge in [0, 0.05) is 92.7 Å². The molecule has 101 heavy (non-hydrogen) atoms. The molecule has 10 unspecified atom stereocenters. The van der Waals surface area contributed by atoms with E-state index in [0.717, 1.165) is 114 Å². The van der Waals surface area contributed by atoms with Gasteiger partial charge < -0.3 is 58.9 Å². The Morgan fingerprint density at radius 2 is 0.693 bits per heavy atom. The lowest BCUT2D eigenvalue weighted by Gasteiger charge is -2.47. The first-order valence-electron chi connectivity index (χ1n) is 36.0. The van der Waals surface area contributed by atoms with Crippen LogP contribution < -0.4 is 44.2 Å². The lowest BCUT2D eigenvalue weighted by Crippen LogP contribution is -2.56. The number of amides is 10. The van der Waals surface area contributed by atoms with Crippen LogP contribution >= 0.6 is 0 Å². The van der Waals surface area contributed by atoms with Crippen molar-refractivity contribution in [3.8, 4) is 0 Å². The van der Waals surface area contributed by atoms with Gasteiger partial charge in [0.2, 0.25) is 29.4 Å². The molecule has 4 saturated carbocycles. The third-order valence-electron chi connectivity index (χ3n) is 21.3. The summed E-state index contributed by atoms with van der Waals surface area (Å²) >= 11 is 0. The molecule has 12 rings (SSSR count). The highest BCUT2D eigenvalue weighted by Gasteiger charge is 2.44. The Morgan fingerprint density at radius 3 is 1.04 bits per heavy atom. The topological polar surface area (TPSA) is 418 Å². The first-order chi connectivity index (χ1) is 48.3. The highest BCUT2D eigenvalue weighted by molar-refractivity contribution is 6.41. The number of primary amides is 4. The SMILES string of the molecule is CC(=O)C(=O)Cc1cncc(C(N)=O)c1.CC1CCC2CCCCC2N1.CC1CCC2CCCCC2N1C(=O)C(=O)Nc1cncc(C(N)=O)c1.C[C@@H]1CCC2CCCCC2N1C(=O)C(=O)Nc1cncc(C(N)=O)c1.C[C@H]1CCC2CCCCC2N1C(=O)C(=O)Nc1cncc(C(N)=O)c1. The molecule has 10 amide bonds. The number of likely N-dealkylation sites (tertiary alicyclic amines) is 3. The predicted molar refractivity (Wildman–Crippen MR) is 378 cm³/mol. The van der Waals surface area contributed by atoms with Crippen LogP contribution in [0, 0.1) is 23.7 Å². The van der Waals surface area contributed by atoms with Gasteiger partial charge in [0.25, 0.3) is 0 Å². The van der Waals surface area contributed by atoms with Crippen molar-refractivity contribution in [1.29, 1.82) is 0 Å². The van der Waals surface area contributed by atoms with Crippen LogP contribution in [0.3, 0.4) is 0 Å². The molecule has 0 aromatic carbocycles. The standard InChI is InChI=1S/3C18H24N4O3.C10H10N2O3.C10H19N/c3*1-11-6-7-12-4-2-3-5-15(12)22(11)18(25)17(24)21-14-8-13(16(19)23)9-20-10-14;1-6(13)9(14)3-7-2-8(10(11)15)5-12-4-7;1-8-6-7-9-4-2-3-5-10(9)11-8/h3*8-12,15H,2-7H2,1H3,(H2,19,23)(H,21,24);2,4-5H,3H2,1H3,(H2,11,15);8-11H,2-7H2,1H3/t2*11-,12?,15?;;;/m10.../s1. The highest BCUT2D eigenvalue weighted by atomic mass is 16.2. The van der Waals surface area contributed by atoms with Gasteiger partial charge in [-0.2, -0.15) is 0 Å². The van der Waals surface area contributed by atoms with Gasteiger partial charge in [-0.05, 0) is 184 Å². The molecule has 12 N–H and O–H groups in total. The van der Waals surface area contributed by atoms with Crippen molar-refractivity contribution in [2.45, 2.75) is 243 Å². The molecule has 544 valence electrons. The molecule has 8 heterocycles. The zero-order chi connectivity index (χ0) is 73.0. The van der Waals surface area contributed by atoms with Gasteiger partial charge in [-0.25, -0.2) is 0 Å². The first-order valence-corrected chi connectivity index (χ1v) is 36.0. The Morgan fingerprint density at radius 1 is 0.386 bits per heavy atom. The van der Waals surface area contributed by atoms with Crippen molar-refractivity contribution in [1.82, 2.24) is 40.0 Å². The molecule has 4 aromatic heterocycles. The molecule has 4 aliphatic heterocycles. The molecular weight excluding hydrogens is 1290 g/mol. The van der Waals surface area contributed by atoms with E-state index in [0.29, 0.717) is 40.4 Å². The van der Waals surface area contributed by atoms with E-state index >= 15 is 0 Å². The zero-order valence-corrected chi connectivity index (χ0v) is 58.9. The molecule has 0 bridgehead atoms. The van der Waals surface area contributed by atoms with Gasteiger partial charge in [0.1, 0.15) is 0 Å². The minimum atomic E-state index is -0.693. The molecule has 8 fully saturated rings. The van der Waals surface area contributed by atoms with E-state index in [9.17, 15) is 57.5 Å². The number of nitrogens with two attached hydrogens (primary N) is 4. The number of Topliss-reactive ketones (excluding diaryl/α,β-unsaturated/α-hetero) is 2. The summed E-state index contributed by atoms with van der Waals surface area (Å²) < 4.78 is 0. The average Bonchev–Trinajstić information content (AvgIpc) is 0.811. The van der Waals surface area contributed by atoms with Gasteiger partial charge in [-0.3, -0.25) is 77.5 Å². The lowest BCUT2D eigenvalue weighted by molar-refractivity contribution is -0.150. The Bertz CT molecular complexity index is 3380. The Hall–Kier alpha value is -9.40. The summed E-state index contributed by atoms with van der Waals surface area (Å²) in [5, 5.41) is 11.4. The first kappa shape index (κ1) is 77.3. The molecular formula is C74H101N15O12. The number of pyridine rings is 4. The van der Waals surface area contributed by atoms with Crippen LogP contribution in [-0.2, 0) is 44.8 Å². The normalized spacial score (nSPS) is 25.5. The van der Waals surface area contributed by atoms with Crippen LogP contribution in [0.15, 0.2) is 73.8 Å². The van der Waals surface area contributed by atoms with Gasteiger partial charge >= 0.3 is 35.4 Å². The number of carbonyl (C=O) groups is 12. The number of anilines is 3. The summed E-state index contributed by atoms with van der Waals surface area (Å²) in [6, 6.07) is 8.05. The van der Waals surface area contributed by atoms with E-state index in [1.807, 2.05) is 20.8 Å². The summed E-state index contributed by atoms with van der Waals surface area (Å²) in [4.78, 5) is 163. The van der Waals surface area contributed by atoms with Crippen LogP contribution in [0.4, 0.5) is 17.1 Å². The third kappa shape index (κ3) is 21.3. The summed E-state index contributed by atoms with van der Waals surface area (Å²) in [5.74, 6) is -4.61. The van der Waals surface area contributed by atoms with Crippen molar-refractivity contribution >= 4 is 87.7 Å². The van der Waals surface area contributed by atoms with Crippen molar-refractivity contribution in [2.75, 3.05) is 16.0 Å². The molecule has 4 aromatic rings. The third-order valence-corrected chi connectivity index (χ3v) is 21.3. The second-order valence-electron chi connectivity index (χ2n) is 28.5. The second kappa shape index (κ2) is 36.8. The van der Waals surface area contributed by atoms with Crippen LogP contribution in [0.5, 0.6) is 0 Å².